The van der Waals surface area contributed by atoms with Crippen molar-refractivity contribution in [3.8, 4) is 0 Å². The molecule has 0 aromatic carbocycles. The highest BCUT2D eigenvalue weighted by atomic mass is 31.2. The zero-order valence-corrected chi connectivity index (χ0v) is 10.1. The molecule has 6 nitrogen and oxygen atoms in total. The van der Waals surface area contributed by atoms with Crippen LogP contribution in [0.25, 0.3) is 0 Å². The number of ether oxygens (including phenoxy) is 1. The maximum absolute atomic E-state index is 11.1. The molecule has 0 radical (unpaired) electrons. The van der Waals surface area contributed by atoms with E-state index in [0.717, 1.165) is 0 Å². The topological polar surface area (TPSA) is 110 Å². The van der Waals surface area contributed by atoms with Gasteiger partial charge in [-0.2, -0.15) is 0 Å². The fraction of sp³-hybridized carbons (Fsp3) is 1.00. The summed E-state index contributed by atoms with van der Waals surface area (Å²) in [5, 5.41) is -1.80. The van der Waals surface area contributed by atoms with Crippen LogP contribution >= 0.6 is 16.1 Å². The minimum atomic E-state index is -4.51. The summed E-state index contributed by atoms with van der Waals surface area (Å²) < 4.78 is 27.0. The molecule has 8 heteroatoms. The Morgan fingerprint density at radius 1 is 1.57 bits per heavy atom. The third-order valence-electron chi connectivity index (χ3n) is 1.81. The van der Waals surface area contributed by atoms with Crippen LogP contribution in [0.5, 0.6) is 0 Å². The van der Waals surface area contributed by atoms with Crippen LogP contribution in [0.4, 0.5) is 0 Å². The average molecular weight is 245 g/mol. The van der Waals surface area contributed by atoms with Crippen molar-refractivity contribution < 1.29 is 23.7 Å². The van der Waals surface area contributed by atoms with Gasteiger partial charge in [-0.3, -0.25) is 4.57 Å². The monoisotopic (exact) mass is 245 g/mol. The molecular weight excluding hydrogens is 228 g/mol. The van der Waals surface area contributed by atoms with E-state index < -0.39 is 21.1 Å². The Kier molecular flexibility index (Phi) is 6.14. The Balaban J connectivity index is 4.79. The molecule has 0 aromatic heterocycles. The SMILES string of the molecule is CCOC(CCCN)([PH2]=O)P(=O)(O)O. The van der Waals surface area contributed by atoms with Gasteiger partial charge in [0, 0.05) is 6.61 Å². The summed E-state index contributed by atoms with van der Waals surface area (Å²) in [6.07, 6.45) is 0.404. The number of rotatable bonds is 7. The summed E-state index contributed by atoms with van der Waals surface area (Å²) in [6.45, 7) is 2.00. The number of hydrogen-bond acceptors (Lipinski definition) is 4. The molecule has 0 rings (SSSR count). The lowest BCUT2D eigenvalue weighted by Crippen LogP contribution is -2.27. The zero-order chi connectivity index (χ0) is 11.2. The van der Waals surface area contributed by atoms with E-state index in [0.29, 0.717) is 6.42 Å². The first-order valence-electron chi connectivity index (χ1n) is 4.29. The lowest BCUT2D eigenvalue weighted by molar-refractivity contribution is 0.0603. The summed E-state index contributed by atoms with van der Waals surface area (Å²) in [7, 11) is -6.21. The highest BCUT2D eigenvalue weighted by Gasteiger charge is 2.46. The summed E-state index contributed by atoms with van der Waals surface area (Å²) >= 11 is 0. The number of hydrogen-bond donors (Lipinski definition) is 3. The molecular formula is C6H17NO5P2. The van der Waals surface area contributed by atoms with Crippen LogP contribution in [0.15, 0.2) is 0 Å². The van der Waals surface area contributed by atoms with E-state index in [2.05, 4.69) is 0 Å². The van der Waals surface area contributed by atoms with Gasteiger partial charge in [-0.05, 0) is 26.3 Å². The molecule has 0 bridgehead atoms. The van der Waals surface area contributed by atoms with Crippen molar-refractivity contribution >= 4 is 16.1 Å². The smallest absolute Gasteiger partial charge is 0.356 e. The minimum Gasteiger partial charge on any atom is -0.356 e. The Morgan fingerprint density at radius 2 is 2.14 bits per heavy atom. The molecule has 4 N–H and O–H groups in total. The van der Waals surface area contributed by atoms with Gasteiger partial charge in [0.05, 0.1) is 0 Å². The molecule has 0 aliphatic rings. The highest BCUT2D eigenvalue weighted by Crippen LogP contribution is 2.59. The predicted octanol–water partition coefficient (Wildman–Crippen LogP) is 0.350. The molecule has 0 fully saturated rings. The Labute approximate surface area is 84.2 Å². The van der Waals surface area contributed by atoms with E-state index in [1.807, 2.05) is 0 Å². The molecule has 0 heterocycles. The van der Waals surface area contributed by atoms with Crippen molar-refractivity contribution in [2.45, 2.75) is 24.8 Å². The van der Waals surface area contributed by atoms with Crippen molar-refractivity contribution in [3.05, 3.63) is 0 Å². The lowest BCUT2D eigenvalue weighted by Gasteiger charge is -2.28. The Hall–Kier alpha value is 0.300. The van der Waals surface area contributed by atoms with Crippen LogP contribution in [-0.4, -0.2) is 28.0 Å². The molecule has 2 atom stereocenters. The normalized spacial score (nSPS) is 17.4. The molecule has 0 aliphatic carbocycles. The second-order valence-corrected chi connectivity index (χ2v) is 6.33. The second-order valence-electron chi connectivity index (χ2n) is 2.83. The molecule has 14 heavy (non-hydrogen) atoms. The van der Waals surface area contributed by atoms with Crippen LogP contribution in [0, 0.1) is 0 Å². The number of nitrogens with two attached hydrogens (primary N) is 1. The fourth-order valence-corrected chi connectivity index (χ4v) is 2.92. The van der Waals surface area contributed by atoms with Gasteiger partial charge in [0.1, 0.15) is 8.46 Å². The van der Waals surface area contributed by atoms with Gasteiger partial charge in [0.25, 0.3) is 0 Å². The third-order valence-corrected chi connectivity index (χ3v) is 5.30. The van der Waals surface area contributed by atoms with Crippen LogP contribution in [0.2, 0.25) is 0 Å². The highest BCUT2D eigenvalue weighted by molar-refractivity contribution is 7.63. The van der Waals surface area contributed by atoms with Crippen molar-refractivity contribution in [2.75, 3.05) is 13.2 Å². The summed E-state index contributed by atoms with van der Waals surface area (Å²) in [6, 6.07) is 0. The first-order valence-corrected chi connectivity index (χ1v) is 6.95. The van der Waals surface area contributed by atoms with Crippen LogP contribution in [0.1, 0.15) is 19.8 Å². The average Bonchev–Trinajstić information content (AvgIpc) is 2.10. The molecule has 2 unspecified atom stereocenters. The third kappa shape index (κ3) is 3.46. The van der Waals surface area contributed by atoms with Crippen molar-refractivity contribution in [1.29, 1.82) is 0 Å². The van der Waals surface area contributed by atoms with Gasteiger partial charge in [-0.1, -0.05) is 0 Å². The van der Waals surface area contributed by atoms with E-state index in [9.17, 15) is 9.13 Å². The molecule has 0 aliphatic heterocycles. The lowest BCUT2D eigenvalue weighted by atomic mass is 10.3. The maximum atomic E-state index is 11.1. The quantitative estimate of drug-likeness (QED) is 0.558. The molecule has 0 spiro atoms. The van der Waals surface area contributed by atoms with E-state index in [-0.39, 0.29) is 19.6 Å². The molecule has 0 aromatic rings. The summed E-state index contributed by atoms with van der Waals surface area (Å²) in [5.74, 6) is 0. The van der Waals surface area contributed by atoms with Crippen molar-refractivity contribution in [3.63, 3.8) is 0 Å². The largest absolute Gasteiger partial charge is 0.364 e. The van der Waals surface area contributed by atoms with Crippen LogP contribution in [-0.2, 0) is 13.9 Å². The molecule has 0 saturated heterocycles. The summed E-state index contributed by atoms with van der Waals surface area (Å²) in [4.78, 5) is 18.1. The first-order chi connectivity index (χ1) is 6.43. The summed E-state index contributed by atoms with van der Waals surface area (Å²) in [5.41, 5.74) is 5.23. The van der Waals surface area contributed by atoms with Crippen molar-refractivity contribution in [2.24, 2.45) is 5.73 Å². The van der Waals surface area contributed by atoms with Gasteiger partial charge >= 0.3 is 7.60 Å². The molecule has 0 amide bonds. The Bertz CT molecular complexity index is 230. The second kappa shape index (κ2) is 6.01. The molecule has 0 saturated carbocycles. The minimum absolute atomic E-state index is 0.0282. The van der Waals surface area contributed by atoms with Gasteiger partial charge in [-0.15, -0.1) is 0 Å². The van der Waals surface area contributed by atoms with Crippen LogP contribution in [0.3, 0.4) is 0 Å². The first kappa shape index (κ1) is 14.3. The van der Waals surface area contributed by atoms with Gasteiger partial charge in [-0.25, -0.2) is 0 Å². The van der Waals surface area contributed by atoms with Crippen molar-refractivity contribution in [1.82, 2.24) is 0 Å². The van der Waals surface area contributed by atoms with Crippen LogP contribution < -0.4 is 5.73 Å². The van der Waals surface area contributed by atoms with Gasteiger partial charge in [0.2, 0.25) is 5.08 Å². The van der Waals surface area contributed by atoms with E-state index in [1.165, 1.54) is 0 Å². The van der Waals surface area contributed by atoms with E-state index in [1.54, 1.807) is 6.92 Å². The van der Waals surface area contributed by atoms with Gasteiger partial charge < -0.3 is 24.8 Å². The predicted molar refractivity (Wildman–Crippen MR) is 55.1 cm³/mol. The van der Waals surface area contributed by atoms with E-state index >= 15 is 0 Å². The maximum Gasteiger partial charge on any atom is 0.364 e. The fourth-order valence-electron chi connectivity index (χ4n) is 1.07. The molecule has 86 valence electrons. The Morgan fingerprint density at radius 3 is 2.43 bits per heavy atom. The zero-order valence-electron chi connectivity index (χ0n) is 8.05. The van der Waals surface area contributed by atoms with Gasteiger partial charge in [0.15, 0.2) is 0 Å². The van der Waals surface area contributed by atoms with E-state index in [4.69, 9.17) is 20.3 Å². The standard InChI is InChI=1S/C6H17NO5P2/c1-2-12-6(13-8,4-3-5-7)14(9,10)11/h2-5,7,13H2,1H3,(H2,9,10,11).